The molecule has 1 atom stereocenters. The van der Waals surface area contributed by atoms with Gasteiger partial charge in [-0.25, -0.2) is 0 Å². The summed E-state index contributed by atoms with van der Waals surface area (Å²) in [6, 6.07) is 1.91. The van der Waals surface area contributed by atoms with Gasteiger partial charge in [0.25, 0.3) is 0 Å². The topological polar surface area (TPSA) is 104 Å². The van der Waals surface area contributed by atoms with Gasteiger partial charge in [-0.1, -0.05) is 5.11 Å². The van der Waals surface area contributed by atoms with Crippen molar-refractivity contribution in [3.63, 3.8) is 0 Å². The van der Waals surface area contributed by atoms with Crippen LogP contribution in [-0.2, 0) is 0 Å². The summed E-state index contributed by atoms with van der Waals surface area (Å²) in [5, 5.41) is 28.8. The summed E-state index contributed by atoms with van der Waals surface area (Å²) in [5.74, 6) is 0. The van der Waals surface area contributed by atoms with Gasteiger partial charge in [-0.15, -0.1) is 5.10 Å². The minimum Gasteiger partial charge on any atom is -0.262 e. The van der Waals surface area contributed by atoms with Crippen molar-refractivity contribution in [3.05, 3.63) is 10.1 Å². The third-order valence-electron chi connectivity index (χ3n) is 1.68. The monoisotopic (exact) mass is 181 g/mol. The maximum Gasteiger partial charge on any atom is 0.368 e. The van der Waals surface area contributed by atoms with Crippen LogP contribution >= 0.6 is 0 Å². The van der Waals surface area contributed by atoms with Crippen LogP contribution in [-0.4, -0.2) is 16.8 Å². The van der Waals surface area contributed by atoms with Crippen molar-refractivity contribution in [2.75, 3.05) is 0 Å². The Hall–Kier alpha value is -1.84. The zero-order valence-corrected chi connectivity index (χ0v) is 6.75. The van der Waals surface area contributed by atoms with Crippen LogP contribution in [0.2, 0.25) is 0 Å². The predicted molar refractivity (Wildman–Crippen MR) is 42.5 cm³/mol. The smallest absolute Gasteiger partial charge is 0.262 e. The molecule has 0 aromatic carbocycles. The highest BCUT2D eigenvalue weighted by molar-refractivity contribution is 5.68. The molecule has 0 aromatic rings. The molecule has 0 amide bonds. The number of nitro groups is 1. The van der Waals surface area contributed by atoms with Crippen molar-refractivity contribution in [3.8, 4) is 6.07 Å². The van der Waals surface area contributed by atoms with E-state index >= 15 is 0 Å². The molecule has 0 spiro atoms. The Kier molecular flexibility index (Phi) is 2.64. The van der Waals surface area contributed by atoms with Crippen LogP contribution in [0.3, 0.4) is 0 Å². The van der Waals surface area contributed by atoms with Crippen LogP contribution in [0.5, 0.6) is 0 Å². The van der Waals surface area contributed by atoms with Gasteiger partial charge in [0.15, 0.2) is 0 Å². The molecular weight excluding hydrogens is 174 g/mol. The lowest BCUT2D eigenvalue weighted by atomic mass is 10.1. The number of rotatable bonds is 4. The number of hydrogen-bond acceptors (Lipinski definition) is 6. The van der Waals surface area contributed by atoms with Crippen LogP contribution in [0, 0.1) is 21.4 Å². The number of unbranched alkanes of at least 4 members (excludes halogenated alkanes) is 1. The van der Waals surface area contributed by atoms with Crippen molar-refractivity contribution in [2.24, 2.45) is 15.4 Å². The highest BCUT2D eigenvalue weighted by Gasteiger charge is 2.43. The summed E-state index contributed by atoms with van der Waals surface area (Å²) >= 11 is 0. The minimum absolute atomic E-state index is 0.167. The second-order valence-corrected chi connectivity index (χ2v) is 2.58. The first-order chi connectivity index (χ1) is 6.21. The summed E-state index contributed by atoms with van der Waals surface area (Å²) in [6.07, 6.45) is 1.96. The molecule has 0 aromatic heterocycles. The fourth-order valence-corrected chi connectivity index (χ4v) is 0.964. The first kappa shape index (κ1) is 9.25. The van der Waals surface area contributed by atoms with E-state index in [9.17, 15) is 10.1 Å². The van der Waals surface area contributed by atoms with Gasteiger partial charge in [0.05, 0.1) is 11.0 Å². The number of nitrogens with zero attached hydrogens (tertiary/aromatic N) is 5. The summed E-state index contributed by atoms with van der Waals surface area (Å²) in [7, 11) is 0. The first-order valence-electron chi connectivity index (χ1n) is 3.69. The van der Waals surface area contributed by atoms with Crippen LogP contribution in [0.4, 0.5) is 0 Å². The summed E-state index contributed by atoms with van der Waals surface area (Å²) in [5.41, 5.74) is -1.52. The Morgan fingerprint density at radius 2 is 2.46 bits per heavy atom. The van der Waals surface area contributed by atoms with Gasteiger partial charge in [-0.05, 0) is 11.6 Å². The Morgan fingerprint density at radius 3 is 2.92 bits per heavy atom. The van der Waals surface area contributed by atoms with Gasteiger partial charge in [0.2, 0.25) is 0 Å². The largest absolute Gasteiger partial charge is 0.368 e. The Bertz CT molecular complexity index is 291. The van der Waals surface area contributed by atoms with Crippen molar-refractivity contribution >= 4 is 6.21 Å². The van der Waals surface area contributed by atoms with E-state index in [-0.39, 0.29) is 12.8 Å². The van der Waals surface area contributed by atoms with Gasteiger partial charge in [-0.3, -0.25) is 10.1 Å². The van der Waals surface area contributed by atoms with E-state index in [1.807, 2.05) is 6.07 Å². The van der Waals surface area contributed by atoms with E-state index < -0.39 is 10.6 Å². The van der Waals surface area contributed by atoms with E-state index in [2.05, 4.69) is 15.4 Å². The summed E-state index contributed by atoms with van der Waals surface area (Å²) in [6.45, 7) is 0. The molecule has 0 radical (unpaired) electrons. The number of nitriles is 1. The van der Waals surface area contributed by atoms with Crippen molar-refractivity contribution in [1.82, 2.24) is 0 Å². The second-order valence-electron chi connectivity index (χ2n) is 2.58. The average molecular weight is 181 g/mol. The van der Waals surface area contributed by atoms with Crippen molar-refractivity contribution in [1.29, 1.82) is 5.26 Å². The molecule has 0 N–H and O–H groups in total. The van der Waals surface area contributed by atoms with E-state index in [1.165, 1.54) is 0 Å². The molecule has 1 heterocycles. The van der Waals surface area contributed by atoms with Crippen molar-refractivity contribution < 1.29 is 4.92 Å². The summed E-state index contributed by atoms with van der Waals surface area (Å²) in [4.78, 5) is 10.1. The lowest BCUT2D eigenvalue weighted by Gasteiger charge is -2.09. The quantitative estimate of drug-likeness (QED) is 0.368. The molecule has 68 valence electrons. The molecule has 1 unspecified atom stereocenters. The maximum atomic E-state index is 10.6. The Labute approximate surface area is 73.9 Å². The lowest BCUT2D eigenvalue weighted by molar-refractivity contribution is -0.545. The third-order valence-corrected chi connectivity index (χ3v) is 1.68. The Morgan fingerprint density at radius 1 is 1.69 bits per heavy atom. The number of hydrogen-bond donors (Lipinski definition) is 0. The predicted octanol–water partition coefficient (Wildman–Crippen LogP) is 1.10. The molecule has 13 heavy (non-hydrogen) atoms. The zero-order valence-electron chi connectivity index (χ0n) is 6.75. The highest BCUT2D eigenvalue weighted by Crippen LogP contribution is 2.22. The van der Waals surface area contributed by atoms with E-state index in [0.717, 1.165) is 6.21 Å². The standard InChI is InChI=1S/C6H7N5O2/c7-4-2-1-3-6(11(12)13)5-8-10-9-6/h5H,1-3H2. The highest BCUT2D eigenvalue weighted by atomic mass is 16.6. The van der Waals surface area contributed by atoms with Gasteiger partial charge >= 0.3 is 5.66 Å². The first-order valence-corrected chi connectivity index (χ1v) is 3.69. The molecule has 7 heteroatoms. The SMILES string of the molecule is N#CCCCC1([N+](=O)[O-])C=NN=N1. The molecule has 1 rings (SSSR count). The van der Waals surface area contributed by atoms with E-state index in [0.29, 0.717) is 6.42 Å². The molecule has 1 aliphatic heterocycles. The van der Waals surface area contributed by atoms with Crippen molar-refractivity contribution in [2.45, 2.75) is 24.9 Å². The normalized spacial score (nSPS) is 24.5. The zero-order chi connectivity index (χ0) is 9.73. The van der Waals surface area contributed by atoms with E-state index in [1.54, 1.807) is 0 Å². The fourth-order valence-electron chi connectivity index (χ4n) is 0.964. The van der Waals surface area contributed by atoms with Crippen LogP contribution < -0.4 is 0 Å². The van der Waals surface area contributed by atoms with Gasteiger partial charge in [-0.2, -0.15) is 5.26 Å². The summed E-state index contributed by atoms with van der Waals surface area (Å²) < 4.78 is 0. The second kappa shape index (κ2) is 3.71. The van der Waals surface area contributed by atoms with Gasteiger partial charge in [0, 0.05) is 12.8 Å². The van der Waals surface area contributed by atoms with Crippen LogP contribution in [0.15, 0.2) is 15.4 Å². The molecule has 0 saturated carbocycles. The fraction of sp³-hybridized carbons (Fsp3) is 0.667. The molecular formula is C6H7N5O2. The van der Waals surface area contributed by atoms with E-state index in [4.69, 9.17) is 5.26 Å². The van der Waals surface area contributed by atoms with Crippen LogP contribution in [0.25, 0.3) is 0 Å². The van der Waals surface area contributed by atoms with Gasteiger partial charge in [0.1, 0.15) is 6.21 Å². The third kappa shape index (κ3) is 1.84. The molecule has 1 aliphatic rings. The average Bonchev–Trinajstić information content (AvgIpc) is 2.55. The maximum absolute atomic E-state index is 10.6. The minimum atomic E-state index is -1.52. The Balaban J connectivity index is 2.60. The molecule has 0 aliphatic carbocycles. The lowest BCUT2D eigenvalue weighted by Crippen LogP contribution is -2.36. The molecule has 0 fully saturated rings. The van der Waals surface area contributed by atoms with Crippen LogP contribution in [0.1, 0.15) is 19.3 Å². The molecule has 0 saturated heterocycles. The molecule has 7 nitrogen and oxygen atoms in total. The molecule has 0 bridgehead atoms. The van der Waals surface area contributed by atoms with Gasteiger partial charge < -0.3 is 0 Å².